The van der Waals surface area contributed by atoms with Gasteiger partial charge in [-0.05, 0) is 30.7 Å². The molecule has 0 saturated carbocycles. The summed E-state index contributed by atoms with van der Waals surface area (Å²) in [6.45, 7) is 1.77. The maximum atomic E-state index is 12.3. The normalized spacial score (nSPS) is 13.0. The summed E-state index contributed by atoms with van der Waals surface area (Å²) >= 11 is 0. The lowest BCUT2D eigenvalue weighted by molar-refractivity contribution is 0.0526. The summed E-state index contributed by atoms with van der Waals surface area (Å²) in [5.74, 6) is 0.748. The molecule has 1 amide bonds. The predicted molar refractivity (Wildman–Crippen MR) is 87.9 cm³/mol. The van der Waals surface area contributed by atoms with Crippen molar-refractivity contribution in [3.63, 3.8) is 0 Å². The summed E-state index contributed by atoms with van der Waals surface area (Å²) in [6, 6.07) is 14.1. The number of amides is 1. The summed E-state index contributed by atoms with van der Waals surface area (Å²) in [4.78, 5) is 12.3. The molecule has 0 heterocycles. The molecular formula is C18H21NO4. The van der Waals surface area contributed by atoms with Crippen LogP contribution in [0.4, 0.5) is 0 Å². The Morgan fingerprint density at radius 2 is 1.74 bits per heavy atom. The van der Waals surface area contributed by atoms with Crippen LogP contribution in [0.3, 0.4) is 0 Å². The molecule has 0 saturated heterocycles. The number of ether oxygens (including phenoxy) is 2. The van der Waals surface area contributed by atoms with E-state index in [2.05, 4.69) is 5.32 Å². The molecule has 0 bridgehead atoms. The van der Waals surface area contributed by atoms with Crippen LogP contribution >= 0.6 is 0 Å². The fourth-order valence-corrected chi connectivity index (χ4v) is 2.23. The second-order valence-corrected chi connectivity index (χ2v) is 5.39. The van der Waals surface area contributed by atoms with Gasteiger partial charge in [-0.3, -0.25) is 4.79 Å². The quantitative estimate of drug-likeness (QED) is 0.858. The van der Waals surface area contributed by atoms with E-state index < -0.39 is 5.60 Å². The van der Waals surface area contributed by atoms with E-state index in [1.54, 1.807) is 25.1 Å². The van der Waals surface area contributed by atoms with Crippen molar-refractivity contribution in [2.75, 3.05) is 20.8 Å². The molecule has 2 N–H and O–H groups in total. The Labute approximate surface area is 135 Å². The fourth-order valence-electron chi connectivity index (χ4n) is 2.23. The Morgan fingerprint density at radius 3 is 2.35 bits per heavy atom. The second kappa shape index (κ2) is 7.15. The monoisotopic (exact) mass is 315 g/mol. The molecule has 0 aliphatic rings. The van der Waals surface area contributed by atoms with Crippen LogP contribution in [-0.2, 0) is 5.60 Å². The minimum absolute atomic E-state index is 0.101. The number of carbonyl (C=O) groups excluding carboxylic acids is 1. The number of carbonyl (C=O) groups is 1. The number of nitrogens with one attached hydrogen (secondary N) is 1. The zero-order valence-corrected chi connectivity index (χ0v) is 13.5. The van der Waals surface area contributed by atoms with E-state index in [0.717, 1.165) is 5.56 Å². The van der Waals surface area contributed by atoms with E-state index in [-0.39, 0.29) is 12.5 Å². The minimum Gasteiger partial charge on any atom is -0.493 e. The molecule has 0 aliphatic carbocycles. The first-order valence-electron chi connectivity index (χ1n) is 7.26. The predicted octanol–water partition coefficient (Wildman–Crippen LogP) is 2.34. The van der Waals surface area contributed by atoms with Crippen molar-refractivity contribution in [2.24, 2.45) is 0 Å². The van der Waals surface area contributed by atoms with Gasteiger partial charge in [0.2, 0.25) is 0 Å². The molecular weight excluding hydrogens is 294 g/mol. The molecule has 1 unspecified atom stereocenters. The van der Waals surface area contributed by atoms with Crippen molar-refractivity contribution in [1.29, 1.82) is 0 Å². The van der Waals surface area contributed by atoms with Gasteiger partial charge >= 0.3 is 0 Å². The van der Waals surface area contributed by atoms with E-state index in [4.69, 9.17) is 9.47 Å². The summed E-state index contributed by atoms with van der Waals surface area (Å²) in [5, 5.41) is 13.2. The average Bonchev–Trinajstić information content (AvgIpc) is 2.59. The molecule has 0 fully saturated rings. The van der Waals surface area contributed by atoms with Crippen LogP contribution < -0.4 is 14.8 Å². The van der Waals surface area contributed by atoms with Crippen LogP contribution in [-0.4, -0.2) is 31.8 Å². The highest BCUT2D eigenvalue weighted by Gasteiger charge is 2.24. The Bertz CT molecular complexity index is 668. The second-order valence-electron chi connectivity index (χ2n) is 5.39. The number of hydrogen-bond donors (Lipinski definition) is 2. The zero-order chi connectivity index (χ0) is 16.9. The first-order valence-corrected chi connectivity index (χ1v) is 7.26. The lowest BCUT2D eigenvalue weighted by Crippen LogP contribution is -2.38. The molecule has 5 nitrogen and oxygen atoms in total. The average molecular weight is 315 g/mol. The third-order valence-electron chi connectivity index (χ3n) is 3.63. The SMILES string of the molecule is COc1ccc(C(=O)NCC(C)(O)c2ccccc2)cc1OC. The summed E-state index contributed by atoms with van der Waals surface area (Å²) in [6.07, 6.45) is 0. The van der Waals surface area contributed by atoms with Crippen LogP contribution in [0.5, 0.6) is 11.5 Å². The molecule has 0 aliphatic heterocycles. The fraction of sp³-hybridized carbons (Fsp3) is 0.278. The highest BCUT2D eigenvalue weighted by molar-refractivity contribution is 5.94. The van der Waals surface area contributed by atoms with Crippen LogP contribution in [0.15, 0.2) is 48.5 Å². The molecule has 0 radical (unpaired) electrons. The third-order valence-corrected chi connectivity index (χ3v) is 3.63. The summed E-state index contributed by atoms with van der Waals surface area (Å²) in [7, 11) is 3.05. The minimum atomic E-state index is -1.15. The van der Waals surface area contributed by atoms with E-state index >= 15 is 0 Å². The van der Waals surface area contributed by atoms with E-state index in [9.17, 15) is 9.90 Å². The van der Waals surface area contributed by atoms with Crippen LogP contribution in [0.25, 0.3) is 0 Å². The van der Waals surface area contributed by atoms with Gasteiger partial charge in [-0.2, -0.15) is 0 Å². The topological polar surface area (TPSA) is 67.8 Å². The van der Waals surface area contributed by atoms with Crippen LogP contribution in [0.1, 0.15) is 22.8 Å². The Hall–Kier alpha value is -2.53. The van der Waals surface area contributed by atoms with Crippen molar-refractivity contribution in [3.8, 4) is 11.5 Å². The number of benzene rings is 2. The van der Waals surface area contributed by atoms with E-state index in [1.165, 1.54) is 14.2 Å². The van der Waals surface area contributed by atoms with E-state index in [0.29, 0.717) is 17.1 Å². The van der Waals surface area contributed by atoms with Crippen molar-refractivity contribution in [2.45, 2.75) is 12.5 Å². The zero-order valence-electron chi connectivity index (χ0n) is 13.5. The van der Waals surface area contributed by atoms with Crippen molar-refractivity contribution in [3.05, 3.63) is 59.7 Å². The molecule has 2 rings (SSSR count). The van der Waals surface area contributed by atoms with Crippen LogP contribution in [0.2, 0.25) is 0 Å². The molecule has 23 heavy (non-hydrogen) atoms. The van der Waals surface area contributed by atoms with Gasteiger partial charge in [0.25, 0.3) is 5.91 Å². The highest BCUT2D eigenvalue weighted by atomic mass is 16.5. The Morgan fingerprint density at radius 1 is 1.09 bits per heavy atom. The highest BCUT2D eigenvalue weighted by Crippen LogP contribution is 2.27. The van der Waals surface area contributed by atoms with Crippen molar-refractivity contribution in [1.82, 2.24) is 5.32 Å². The van der Waals surface area contributed by atoms with Gasteiger partial charge in [0, 0.05) is 5.56 Å². The summed E-state index contributed by atoms with van der Waals surface area (Å²) < 4.78 is 10.3. The smallest absolute Gasteiger partial charge is 0.251 e. The Kier molecular flexibility index (Phi) is 5.24. The first kappa shape index (κ1) is 16.8. The van der Waals surface area contributed by atoms with Crippen molar-refractivity contribution < 1.29 is 19.4 Å². The van der Waals surface area contributed by atoms with Gasteiger partial charge < -0.3 is 19.9 Å². The largest absolute Gasteiger partial charge is 0.493 e. The molecule has 0 aromatic heterocycles. The molecule has 2 aromatic carbocycles. The third kappa shape index (κ3) is 4.02. The van der Waals surface area contributed by atoms with Gasteiger partial charge in [-0.1, -0.05) is 30.3 Å². The van der Waals surface area contributed by atoms with Gasteiger partial charge in [0.15, 0.2) is 11.5 Å². The molecule has 2 aromatic rings. The number of aliphatic hydroxyl groups is 1. The Balaban J connectivity index is 2.08. The van der Waals surface area contributed by atoms with Crippen LogP contribution in [0, 0.1) is 0 Å². The first-order chi connectivity index (χ1) is 11.0. The van der Waals surface area contributed by atoms with E-state index in [1.807, 2.05) is 30.3 Å². The lowest BCUT2D eigenvalue weighted by atomic mass is 9.96. The van der Waals surface area contributed by atoms with Gasteiger partial charge in [-0.25, -0.2) is 0 Å². The molecule has 0 spiro atoms. The lowest BCUT2D eigenvalue weighted by Gasteiger charge is -2.24. The van der Waals surface area contributed by atoms with Crippen molar-refractivity contribution >= 4 is 5.91 Å². The van der Waals surface area contributed by atoms with Gasteiger partial charge in [-0.15, -0.1) is 0 Å². The number of hydrogen-bond acceptors (Lipinski definition) is 4. The maximum absolute atomic E-state index is 12.3. The number of rotatable bonds is 6. The number of methoxy groups -OCH3 is 2. The van der Waals surface area contributed by atoms with Gasteiger partial charge in [0.1, 0.15) is 5.60 Å². The standard InChI is InChI=1S/C18H21NO4/c1-18(21,14-7-5-4-6-8-14)12-19-17(20)13-9-10-15(22-2)16(11-13)23-3/h4-11,21H,12H2,1-3H3,(H,19,20). The molecule has 122 valence electrons. The maximum Gasteiger partial charge on any atom is 0.251 e. The van der Waals surface area contributed by atoms with Gasteiger partial charge in [0.05, 0.1) is 20.8 Å². The molecule has 5 heteroatoms. The molecule has 1 atom stereocenters. The summed E-state index contributed by atoms with van der Waals surface area (Å²) in [5.41, 5.74) is 0.0344.